The van der Waals surface area contributed by atoms with Crippen LogP contribution in [0.2, 0.25) is 5.02 Å². The molecule has 0 spiro atoms. The molecule has 2 heterocycles. The van der Waals surface area contributed by atoms with Gasteiger partial charge in [-0.2, -0.15) is 0 Å². The average Bonchev–Trinajstić information content (AvgIpc) is 3.46. The second-order valence-corrected chi connectivity index (χ2v) is 8.20. The lowest BCUT2D eigenvalue weighted by molar-refractivity contribution is -0.139. The van der Waals surface area contributed by atoms with Gasteiger partial charge in [-0.15, -0.1) is 0 Å². The van der Waals surface area contributed by atoms with Gasteiger partial charge in [-0.1, -0.05) is 17.7 Å². The summed E-state index contributed by atoms with van der Waals surface area (Å²) in [5, 5.41) is 11.6. The number of likely N-dealkylation sites (tertiary alicyclic amines) is 1. The molecule has 1 N–H and O–H groups in total. The number of aliphatic hydroxyl groups excluding tert-OH is 1. The lowest BCUT2D eigenvalue weighted by Gasteiger charge is -2.26. The SMILES string of the molecule is COc1ccc([C@H]2C(=C(O)c3ccc(Cl)cc3)C(=O)C(=O)N2CCCn2ccnc2)cc1OC. The number of halogens is 1. The topological polar surface area (TPSA) is 93.9 Å². The summed E-state index contributed by atoms with van der Waals surface area (Å²) in [5.74, 6) is -0.695. The van der Waals surface area contributed by atoms with Crippen molar-refractivity contribution in [1.82, 2.24) is 14.5 Å². The third kappa shape index (κ3) is 4.49. The van der Waals surface area contributed by atoms with Crippen molar-refractivity contribution < 1.29 is 24.2 Å². The van der Waals surface area contributed by atoms with Gasteiger partial charge in [-0.05, 0) is 48.4 Å². The number of hydrogen-bond acceptors (Lipinski definition) is 6. The standard InChI is InChI=1S/C25H24ClN3O5/c1-33-19-9-6-17(14-20(19)34-2)22-21(23(30)16-4-7-18(26)8-5-16)24(31)25(32)29(22)12-3-11-28-13-10-27-15-28/h4-10,13-15,22,30H,3,11-12H2,1-2H3/t22-/m0/s1. The third-order valence-corrected chi connectivity index (χ3v) is 6.01. The van der Waals surface area contributed by atoms with Gasteiger partial charge in [0.15, 0.2) is 11.5 Å². The Hall–Kier alpha value is -3.78. The summed E-state index contributed by atoms with van der Waals surface area (Å²) in [5.41, 5.74) is 1.03. The largest absolute Gasteiger partial charge is 0.507 e. The smallest absolute Gasteiger partial charge is 0.295 e. The van der Waals surface area contributed by atoms with Gasteiger partial charge in [0.2, 0.25) is 0 Å². The highest BCUT2D eigenvalue weighted by molar-refractivity contribution is 6.46. The van der Waals surface area contributed by atoms with E-state index in [1.165, 1.54) is 19.1 Å². The van der Waals surface area contributed by atoms with Crippen LogP contribution in [-0.2, 0) is 16.1 Å². The molecule has 8 nitrogen and oxygen atoms in total. The number of hydrogen-bond donors (Lipinski definition) is 1. The highest BCUT2D eigenvalue weighted by Gasteiger charge is 2.46. The van der Waals surface area contributed by atoms with E-state index in [0.717, 1.165) is 0 Å². The van der Waals surface area contributed by atoms with E-state index in [4.69, 9.17) is 21.1 Å². The number of imidazole rings is 1. The van der Waals surface area contributed by atoms with Crippen molar-refractivity contribution in [2.45, 2.75) is 19.0 Å². The summed E-state index contributed by atoms with van der Waals surface area (Å²) >= 11 is 5.98. The van der Waals surface area contributed by atoms with Crippen LogP contribution in [0.5, 0.6) is 11.5 Å². The first kappa shape index (κ1) is 23.4. The fourth-order valence-corrected chi connectivity index (χ4v) is 4.21. The summed E-state index contributed by atoms with van der Waals surface area (Å²) in [6, 6.07) is 10.8. The second-order valence-electron chi connectivity index (χ2n) is 7.77. The van der Waals surface area contributed by atoms with E-state index < -0.39 is 17.7 Å². The number of aliphatic hydroxyl groups is 1. The zero-order chi connectivity index (χ0) is 24.2. The number of ether oxygens (including phenoxy) is 2. The number of ketones is 1. The molecular formula is C25H24ClN3O5. The van der Waals surface area contributed by atoms with Crippen LogP contribution in [-0.4, -0.2) is 52.0 Å². The van der Waals surface area contributed by atoms with Crippen LogP contribution in [0.15, 0.2) is 66.8 Å². The molecule has 0 aliphatic carbocycles. The summed E-state index contributed by atoms with van der Waals surface area (Å²) in [6.07, 6.45) is 5.80. The predicted octanol–water partition coefficient (Wildman–Crippen LogP) is 4.07. The Morgan fingerprint density at radius 1 is 1.06 bits per heavy atom. The molecule has 2 aromatic carbocycles. The first-order valence-electron chi connectivity index (χ1n) is 10.7. The van der Waals surface area contributed by atoms with Gasteiger partial charge in [-0.25, -0.2) is 4.98 Å². The number of rotatable bonds is 8. The third-order valence-electron chi connectivity index (χ3n) is 5.76. The fraction of sp³-hybridized carbons (Fsp3) is 0.240. The molecule has 0 saturated carbocycles. The molecule has 0 unspecified atom stereocenters. The van der Waals surface area contributed by atoms with Crippen molar-refractivity contribution in [2.24, 2.45) is 0 Å². The van der Waals surface area contributed by atoms with Crippen molar-refractivity contribution in [3.05, 3.63) is 82.9 Å². The molecule has 3 aromatic rings. The highest BCUT2D eigenvalue weighted by atomic mass is 35.5. The molecule has 1 atom stereocenters. The van der Waals surface area contributed by atoms with Crippen molar-refractivity contribution in [3.8, 4) is 11.5 Å². The first-order chi connectivity index (χ1) is 16.4. The zero-order valence-corrected chi connectivity index (χ0v) is 19.5. The first-order valence-corrected chi connectivity index (χ1v) is 11.0. The van der Waals surface area contributed by atoms with Gasteiger partial charge >= 0.3 is 0 Å². The van der Waals surface area contributed by atoms with E-state index in [1.54, 1.807) is 55.0 Å². The van der Waals surface area contributed by atoms with Crippen LogP contribution in [0.1, 0.15) is 23.6 Å². The molecule has 34 heavy (non-hydrogen) atoms. The minimum atomic E-state index is -0.793. The number of nitrogens with zero attached hydrogens (tertiary/aromatic N) is 3. The molecule has 4 rings (SSSR count). The zero-order valence-electron chi connectivity index (χ0n) is 18.8. The van der Waals surface area contributed by atoms with Crippen LogP contribution in [0.4, 0.5) is 0 Å². The maximum absolute atomic E-state index is 13.1. The molecule has 0 radical (unpaired) electrons. The lowest BCUT2D eigenvalue weighted by Crippen LogP contribution is -2.31. The number of carbonyl (C=O) groups is 2. The Morgan fingerprint density at radius 3 is 2.44 bits per heavy atom. The van der Waals surface area contributed by atoms with Crippen LogP contribution in [0.3, 0.4) is 0 Å². The average molecular weight is 482 g/mol. The van der Waals surface area contributed by atoms with Gasteiger partial charge in [0, 0.05) is 36.1 Å². The van der Waals surface area contributed by atoms with Gasteiger partial charge in [0.1, 0.15) is 5.76 Å². The van der Waals surface area contributed by atoms with E-state index in [1.807, 2.05) is 10.8 Å². The number of carbonyl (C=O) groups excluding carboxylic acids is 2. The van der Waals surface area contributed by atoms with Crippen molar-refractivity contribution in [3.63, 3.8) is 0 Å². The van der Waals surface area contributed by atoms with Crippen LogP contribution in [0, 0.1) is 0 Å². The van der Waals surface area contributed by atoms with Crippen LogP contribution >= 0.6 is 11.6 Å². The maximum Gasteiger partial charge on any atom is 0.295 e. The highest BCUT2D eigenvalue weighted by Crippen LogP contribution is 2.42. The lowest BCUT2D eigenvalue weighted by atomic mass is 9.95. The Kier molecular flexibility index (Phi) is 6.88. The number of methoxy groups -OCH3 is 2. The minimum absolute atomic E-state index is 0.0159. The molecular weight excluding hydrogens is 458 g/mol. The van der Waals surface area contributed by atoms with E-state index in [-0.39, 0.29) is 11.3 Å². The van der Waals surface area contributed by atoms with E-state index in [0.29, 0.717) is 47.2 Å². The van der Waals surface area contributed by atoms with E-state index >= 15 is 0 Å². The van der Waals surface area contributed by atoms with E-state index in [9.17, 15) is 14.7 Å². The van der Waals surface area contributed by atoms with Crippen molar-refractivity contribution >= 4 is 29.1 Å². The molecule has 9 heteroatoms. The number of aromatic nitrogens is 2. The molecule has 1 aliphatic rings. The van der Waals surface area contributed by atoms with Crippen LogP contribution in [0.25, 0.3) is 5.76 Å². The monoisotopic (exact) mass is 481 g/mol. The van der Waals surface area contributed by atoms with Gasteiger partial charge in [0.25, 0.3) is 11.7 Å². The number of aryl methyl sites for hydroxylation is 1. The second kappa shape index (κ2) is 10.0. The van der Waals surface area contributed by atoms with Crippen LogP contribution < -0.4 is 9.47 Å². The Balaban J connectivity index is 1.77. The summed E-state index contributed by atoms with van der Waals surface area (Å²) in [7, 11) is 3.04. The molecule has 176 valence electrons. The Labute approximate surface area is 202 Å². The molecule has 1 aliphatic heterocycles. The van der Waals surface area contributed by atoms with Gasteiger partial charge in [0.05, 0.1) is 32.2 Å². The summed E-state index contributed by atoms with van der Waals surface area (Å²) < 4.78 is 12.7. The fourth-order valence-electron chi connectivity index (χ4n) is 4.09. The Morgan fingerprint density at radius 2 is 1.79 bits per heavy atom. The van der Waals surface area contributed by atoms with E-state index in [2.05, 4.69) is 4.98 Å². The minimum Gasteiger partial charge on any atom is -0.507 e. The molecule has 1 saturated heterocycles. The number of amides is 1. The quantitative estimate of drug-likeness (QED) is 0.296. The summed E-state index contributed by atoms with van der Waals surface area (Å²) in [4.78, 5) is 31.8. The Bertz CT molecular complexity index is 1220. The molecule has 0 bridgehead atoms. The van der Waals surface area contributed by atoms with Gasteiger partial charge in [-0.3, -0.25) is 9.59 Å². The van der Waals surface area contributed by atoms with Crippen molar-refractivity contribution in [1.29, 1.82) is 0 Å². The normalized spacial score (nSPS) is 17.3. The maximum atomic E-state index is 13.1. The number of benzene rings is 2. The molecule has 1 fully saturated rings. The predicted molar refractivity (Wildman–Crippen MR) is 127 cm³/mol. The molecule has 1 amide bonds. The van der Waals surface area contributed by atoms with Gasteiger partial charge < -0.3 is 24.0 Å². The number of Topliss-reactive ketones (excluding diaryl/α,β-unsaturated/α-hetero) is 1. The summed E-state index contributed by atoms with van der Waals surface area (Å²) in [6.45, 7) is 0.929. The van der Waals surface area contributed by atoms with Crippen molar-refractivity contribution in [2.75, 3.05) is 20.8 Å². The molecule has 1 aromatic heterocycles.